The second-order valence-corrected chi connectivity index (χ2v) is 5.49. The Kier molecular flexibility index (Phi) is 4.63. The summed E-state index contributed by atoms with van der Waals surface area (Å²) in [6.45, 7) is 2.37. The van der Waals surface area contributed by atoms with Crippen LogP contribution >= 0.6 is 11.3 Å². The van der Waals surface area contributed by atoms with Crippen LogP contribution in [0.25, 0.3) is 0 Å². The summed E-state index contributed by atoms with van der Waals surface area (Å²) in [5, 5.41) is 13.7. The fourth-order valence-corrected chi connectivity index (χ4v) is 2.12. The Bertz CT molecular complexity index is 366. The molecular formula is C7H11N3O3S2. The van der Waals surface area contributed by atoms with Crippen LogP contribution in [0.4, 0.5) is 10.1 Å². The van der Waals surface area contributed by atoms with Crippen LogP contribution in [-0.4, -0.2) is 32.2 Å². The van der Waals surface area contributed by atoms with Crippen LogP contribution < -0.4 is 5.32 Å². The minimum Gasteiger partial charge on any atom is -0.360 e. The maximum absolute atomic E-state index is 11.1. The largest absolute Gasteiger partial charge is 0.360 e. The van der Waals surface area contributed by atoms with E-state index in [1.54, 1.807) is 0 Å². The fourth-order valence-electron chi connectivity index (χ4n) is 0.848. The average Bonchev–Trinajstić information content (AvgIpc) is 2.66. The van der Waals surface area contributed by atoms with Crippen LogP contribution in [-0.2, 0) is 10.8 Å². The van der Waals surface area contributed by atoms with Gasteiger partial charge in [0.15, 0.2) is 5.13 Å². The van der Waals surface area contributed by atoms with Crippen molar-refractivity contribution < 1.29 is 9.13 Å². The number of nitro groups is 1. The van der Waals surface area contributed by atoms with Gasteiger partial charge in [-0.2, -0.15) is 0 Å². The van der Waals surface area contributed by atoms with Crippen molar-refractivity contribution in [2.45, 2.75) is 6.92 Å². The number of anilines is 1. The van der Waals surface area contributed by atoms with Crippen molar-refractivity contribution in [1.29, 1.82) is 0 Å². The molecule has 84 valence electrons. The average molecular weight is 249 g/mol. The molecule has 0 bridgehead atoms. The Labute approximate surface area is 93.3 Å². The number of thiazole rings is 1. The van der Waals surface area contributed by atoms with Gasteiger partial charge in [0.05, 0.1) is 4.92 Å². The smallest absolute Gasteiger partial charge is 0.345 e. The highest BCUT2D eigenvalue weighted by Gasteiger charge is 2.10. The molecular weight excluding hydrogens is 238 g/mol. The highest BCUT2D eigenvalue weighted by Crippen LogP contribution is 2.24. The normalized spacial score (nSPS) is 12.3. The van der Waals surface area contributed by atoms with Crippen LogP contribution in [0.2, 0.25) is 0 Å². The van der Waals surface area contributed by atoms with E-state index < -0.39 is 15.7 Å². The minimum atomic E-state index is -0.822. The lowest BCUT2D eigenvalue weighted by Gasteiger charge is -1.99. The van der Waals surface area contributed by atoms with Gasteiger partial charge < -0.3 is 5.32 Å². The van der Waals surface area contributed by atoms with Crippen molar-refractivity contribution in [1.82, 2.24) is 4.98 Å². The summed E-state index contributed by atoms with van der Waals surface area (Å²) in [5.41, 5.74) is 0. The first-order chi connectivity index (χ1) is 7.13. The van der Waals surface area contributed by atoms with E-state index in [9.17, 15) is 14.3 Å². The van der Waals surface area contributed by atoms with Gasteiger partial charge in [0.25, 0.3) is 0 Å². The van der Waals surface area contributed by atoms with Crippen LogP contribution in [0.1, 0.15) is 6.92 Å². The van der Waals surface area contributed by atoms with E-state index in [1.807, 2.05) is 6.92 Å². The summed E-state index contributed by atoms with van der Waals surface area (Å²) in [7, 11) is -0.822. The lowest BCUT2D eigenvalue weighted by molar-refractivity contribution is -0.380. The Balaban J connectivity index is 2.38. The van der Waals surface area contributed by atoms with Crippen molar-refractivity contribution in [3.63, 3.8) is 0 Å². The van der Waals surface area contributed by atoms with Crippen LogP contribution in [0.3, 0.4) is 0 Å². The molecule has 1 aromatic heterocycles. The van der Waals surface area contributed by atoms with Crippen molar-refractivity contribution in [3.8, 4) is 0 Å². The molecule has 1 N–H and O–H groups in total. The van der Waals surface area contributed by atoms with Crippen molar-refractivity contribution in [2.24, 2.45) is 0 Å². The van der Waals surface area contributed by atoms with Crippen LogP contribution in [0, 0.1) is 10.1 Å². The van der Waals surface area contributed by atoms with E-state index in [1.165, 1.54) is 6.20 Å². The predicted molar refractivity (Wildman–Crippen MR) is 60.8 cm³/mol. The summed E-state index contributed by atoms with van der Waals surface area (Å²) in [4.78, 5) is 13.7. The van der Waals surface area contributed by atoms with Crippen molar-refractivity contribution >= 4 is 32.3 Å². The Hall–Kier alpha value is -1.02. The van der Waals surface area contributed by atoms with Crippen LogP contribution in [0.15, 0.2) is 6.20 Å². The first-order valence-electron chi connectivity index (χ1n) is 4.32. The number of rotatable bonds is 6. The predicted octanol–water partition coefficient (Wildman–Crippen LogP) is 1.23. The zero-order chi connectivity index (χ0) is 11.3. The first kappa shape index (κ1) is 12.1. The molecule has 0 radical (unpaired) electrons. The molecule has 0 saturated carbocycles. The molecule has 8 heteroatoms. The third kappa shape index (κ3) is 3.92. The van der Waals surface area contributed by atoms with E-state index in [0.717, 1.165) is 11.3 Å². The highest BCUT2D eigenvalue weighted by atomic mass is 32.2. The molecule has 0 aliphatic rings. The van der Waals surface area contributed by atoms with Gasteiger partial charge in [0.2, 0.25) is 0 Å². The van der Waals surface area contributed by atoms with Gasteiger partial charge in [-0.1, -0.05) is 6.92 Å². The van der Waals surface area contributed by atoms with Crippen LogP contribution in [0.5, 0.6) is 0 Å². The number of hydrogen-bond acceptors (Lipinski definition) is 6. The molecule has 0 aliphatic carbocycles. The third-order valence-electron chi connectivity index (χ3n) is 1.60. The third-order valence-corrected chi connectivity index (χ3v) is 3.81. The molecule has 1 unspecified atom stereocenters. The second-order valence-electron chi connectivity index (χ2n) is 2.62. The van der Waals surface area contributed by atoms with E-state index in [-0.39, 0.29) is 5.00 Å². The molecule has 0 saturated heterocycles. The summed E-state index contributed by atoms with van der Waals surface area (Å²) in [5.74, 6) is 1.16. The van der Waals surface area contributed by atoms with Gasteiger partial charge in [-0.05, 0) is 11.3 Å². The maximum Gasteiger partial charge on any atom is 0.345 e. The highest BCUT2D eigenvalue weighted by molar-refractivity contribution is 7.84. The summed E-state index contributed by atoms with van der Waals surface area (Å²) in [6.07, 6.45) is 1.21. The SMILES string of the molecule is CCS(=O)CCNc1ncc([N+](=O)[O-])s1. The molecule has 15 heavy (non-hydrogen) atoms. The Morgan fingerprint density at radius 2 is 2.47 bits per heavy atom. The van der Waals surface area contributed by atoms with E-state index in [0.29, 0.717) is 23.2 Å². The van der Waals surface area contributed by atoms with Crippen molar-refractivity contribution in [2.75, 3.05) is 23.4 Å². The van der Waals surface area contributed by atoms with E-state index in [4.69, 9.17) is 0 Å². The maximum atomic E-state index is 11.1. The molecule has 6 nitrogen and oxygen atoms in total. The van der Waals surface area contributed by atoms with Gasteiger partial charge in [-0.15, -0.1) is 0 Å². The summed E-state index contributed by atoms with van der Waals surface area (Å²) >= 11 is 0.980. The lowest BCUT2D eigenvalue weighted by Crippen LogP contribution is -2.11. The van der Waals surface area contributed by atoms with Gasteiger partial charge in [-0.3, -0.25) is 14.3 Å². The van der Waals surface area contributed by atoms with Gasteiger partial charge in [0, 0.05) is 28.9 Å². The summed E-state index contributed by atoms with van der Waals surface area (Å²) < 4.78 is 11.1. The Morgan fingerprint density at radius 3 is 3.00 bits per heavy atom. The number of nitrogens with zero attached hydrogens (tertiary/aromatic N) is 2. The molecule has 0 amide bonds. The van der Waals surface area contributed by atoms with Gasteiger partial charge in [-0.25, -0.2) is 4.98 Å². The molecule has 1 aromatic rings. The second kappa shape index (κ2) is 5.76. The molecule has 0 aromatic carbocycles. The molecule has 0 spiro atoms. The molecule has 0 fully saturated rings. The van der Waals surface area contributed by atoms with E-state index >= 15 is 0 Å². The molecule has 1 rings (SSSR count). The first-order valence-corrected chi connectivity index (χ1v) is 6.63. The topological polar surface area (TPSA) is 85.1 Å². The molecule has 1 heterocycles. The number of nitrogens with one attached hydrogen (secondary N) is 1. The van der Waals surface area contributed by atoms with E-state index in [2.05, 4.69) is 10.3 Å². The number of hydrogen-bond donors (Lipinski definition) is 1. The fraction of sp³-hybridized carbons (Fsp3) is 0.571. The minimum absolute atomic E-state index is 0.00844. The zero-order valence-corrected chi connectivity index (χ0v) is 9.77. The quantitative estimate of drug-likeness (QED) is 0.605. The zero-order valence-electron chi connectivity index (χ0n) is 8.13. The number of aromatic nitrogens is 1. The molecule has 0 aliphatic heterocycles. The van der Waals surface area contributed by atoms with Gasteiger partial charge in [0.1, 0.15) is 6.20 Å². The monoisotopic (exact) mass is 249 g/mol. The van der Waals surface area contributed by atoms with Crippen molar-refractivity contribution in [3.05, 3.63) is 16.3 Å². The Morgan fingerprint density at radius 1 is 1.73 bits per heavy atom. The summed E-state index contributed by atoms with van der Waals surface area (Å²) in [6, 6.07) is 0. The molecule has 1 atom stereocenters. The lowest BCUT2D eigenvalue weighted by atomic mass is 10.7. The standard InChI is InChI=1S/C7H11N3O3S2/c1-2-15(13)4-3-8-7-9-5-6(14-7)10(11)12/h5H,2-4H2,1H3,(H,8,9). The van der Waals surface area contributed by atoms with Gasteiger partial charge >= 0.3 is 5.00 Å².